The predicted octanol–water partition coefficient (Wildman–Crippen LogP) is 4.18. The van der Waals surface area contributed by atoms with E-state index in [1.165, 1.54) is 41.1 Å². The Hall–Kier alpha value is -1.76. The second-order valence-corrected chi connectivity index (χ2v) is 5.62. The van der Waals surface area contributed by atoms with E-state index in [0.29, 0.717) is 0 Å². The van der Waals surface area contributed by atoms with Crippen LogP contribution in [0.3, 0.4) is 0 Å². The first-order valence-electron chi connectivity index (χ1n) is 7.32. The van der Waals surface area contributed by atoms with Gasteiger partial charge in [-0.1, -0.05) is 61.2 Å². The highest BCUT2D eigenvalue weighted by Crippen LogP contribution is 2.41. The van der Waals surface area contributed by atoms with Crippen molar-refractivity contribution >= 4 is 29.7 Å². The third-order valence-electron chi connectivity index (χ3n) is 4.45. The van der Waals surface area contributed by atoms with Crippen LogP contribution in [-0.2, 0) is 12.7 Å². The summed E-state index contributed by atoms with van der Waals surface area (Å²) in [6.07, 6.45) is 10.4. The Balaban J connectivity index is 2.11. The second-order valence-electron chi connectivity index (χ2n) is 5.62. The maximum absolute atomic E-state index is 2.45. The van der Waals surface area contributed by atoms with Gasteiger partial charge in [-0.05, 0) is 45.9 Å². The van der Waals surface area contributed by atoms with Crippen LogP contribution in [0.15, 0.2) is 36.4 Å². The monoisotopic (exact) mass is 244 g/mol. The average Bonchev–Trinajstić information content (AvgIpc) is 2.46. The maximum atomic E-state index is 2.45. The number of benzene rings is 2. The van der Waals surface area contributed by atoms with E-state index in [-0.39, 0.29) is 0 Å². The summed E-state index contributed by atoms with van der Waals surface area (Å²) in [7, 11) is 1.23. The fraction of sp³-hybridized carbons (Fsp3) is 0.222. The van der Waals surface area contributed by atoms with E-state index < -0.39 is 0 Å². The topological polar surface area (TPSA) is 0 Å². The van der Waals surface area contributed by atoms with Crippen LogP contribution in [0.25, 0.3) is 22.4 Å². The molecule has 0 nitrogen and oxygen atoms in total. The molecule has 0 heterocycles. The molecular weight excluding hydrogens is 227 g/mol. The Bertz CT molecular complexity index is 735. The van der Waals surface area contributed by atoms with E-state index in [1.807, 2.05) is 0 Å². The minimum atomic E-state index is 1.10. The quantitative estimate of drug-likeness (QED) is 0.695. The van der Waals surface area contributed by atoms with E-state index in [4.69, 9.17) is 0 Å². The van der Waals surface area contributed by atoms with Gasteiger partial charge in [0.2, 0.25) is 0 Å². The SMILES string of the molecule is CBCc1ccc2ccc3c4c2c1CC=C4CC=C3. The van der Waals surface area contributed by atoms with Gasteiger partial charge in [-0.2, -0.15) is 0 Å². The van der Waals surface area contributed by atoms with Crippen molar-refractivity contribution in [2.75, 3.05) is 0 Å². The van der Waals surface area contributed by atoms with Gasteiger partial charge in [0.25, 0.3) is 0 Å². The molecule has 0 saturated carbocycles. The van der Waals surface area contributed by atoms with Gasteiger partial charge in [-0.15, -0.1) is 0 Å². The first-order valence-corrected chi connectivity index (χ1v) is 7.32. The Labute approximate surface area is 115 Å². The standard InChI is InChI=1S/C18H17B/c1-19-11-15-8-7-14-6-5-12-3-2-4-13-9-10-16(15)18(14)17(12)13/h2-3,5-9,19H,4,10-11H2,1H3. The minimum absolute atomic E-state index is 1.10. The van der Waals surface area contributed by atoms with E-state index in [0.717, 1.165) is 12.8 Å². The van der Waals surface area contributed by atoms with E-state index >= 15 is 0 Å². The summed E-state index contributed by atoms with van der Waals surface area (Å²) in [5, 5.41) is 2.94. The van der Waals surface area contributed by atoms with Gasteiger partial charge in [0.1, 0.15) is 7.28 Å². The summed E-state index contributed by atoms with van der Waals surface area (Å²) < 4.78 is 0. The lowest BCUT2D eigenvalue weighted by molar-refractivity contribution is 1.18. The number of hydrogen-bond donors (Lipinski definition) is 0. The molecule has 19 heavy (non-hydrogen) atoms. The van der Waals surface area contributed by atoms with Gasteiger partial charge in [0, 0.05) is 0 Å². The molecule has 2 aliphatic carbocycles. The first-order chi connectivity index (χ1) is 9.38. The molecule has 0 unspecified atom stereocenters. The van der Waals surface area contributed by atoms with Crippen molar-refractivity contribution in [2.24, 2.45) is 0 Å². The summed E-state index contributed by atoms with van der Waals surface area (Å²) in [6.45, 7) is 2.27. The fourth-order valence-electron chi connectivity index (χ4n) is 3.60. The van der Waals surface area contributed by atoms with Crippen LogP contribution in [0, 0.1) is 0 Å². The minimum Gasteiger partial charge on any atom is -0.0891 e. The summed E-state index contributed by atoms with van der Waals surface area (Å²) >= 11 is 0. The molecule has 4 rings (SSSR count). The normalized spacial score (nSPS) is 15.5. The molecule has 0 atom stereocenters. The zero-order chi connectivity index (χ0) is 12.8. The lowest BCUT2D eigenvalue weighted by Gasteiger charge is -2.25. The Morgan fingerprint density at radius 1 is 1.11 bits per heavy atom. The molecule has 0 radical (unpaired) electrons. The maximum Gasteiger partial charge on any atom is 0.122 e. The summed E-state index contributed by atoms with van der Waals surface area (Å²) in [5.41, 5.74) is 7.58. The molecule has 92 valence electrons. The summed E-state index contributed by atoms with van der Waals surface area (Å²) in [4.78, 5) is 0. The van der Waals surface area contributed by atoms with Crippen LogP contribution in [0.5, 0.6) is 0 Å². The molecule has 0 N–H and O–H groups in total. The van der Waals surface area contributed by atoms with Crippen molar-refractivity contribution < 1.29 is 0 Å². The van der Waals surface area contributed by atoms with Gasteiger partial charge in [-0.25, -0.2) is 0 Å². The van der Waals surface area contributed by atoms with E-state index in [2.05, 4.69) is 49.3 Å². The van der Waals surface area contributed by atoms with Gasteiger partial charge in [0.15, 0.2) is 0 Å². The third-order valence-corrected chi connectivity index (χ3v) is 4.45. The highest BCUT2D eigenvalue weighted by Gasteiger charge is 2.20. The zero-order valence-corrected chi connectivity index (χ0v) is 11.4. The van der Waals surface area contributed by atoms with E-state index in [9.17, 15) is 0 Å². The van der Waals surface area contributed by atoms with Crippen LogP contribution in [0.4, 0.5) is 0 Å². The third kappa shape index (κ3) is 1.54. The Kier molecular flexibility index (Phi) is 2.41. The van der Waals surface area contributed by atoms with Gasteiger partial charge in [0.05, 0.1) is 0 Å². The lowest BCUT2D eigenvalue weighted by Crippen LogP contribution is -2.06. The highest BCUT2D eigenvalue weighted by atomic mass is 14.2. The average molecular weight is 244 g/mol. The molecule has 0 fully saturated rings. The van der Waals surface area contributed by atoms with Crippen molar-refractivity contribution in [1.82, 2.24) is 0 Å². The number of hydrogen-bond acceptors (Lipinski definition) is 0. The van der Waals surface area contributed by atoms with Gasteiger partial charge < -0.3 is 0 Å². The van der Waals surface area contributed by atoms with E-state index in [1.54, 1.807) is 11.1 Å². The van der Waals surface area contributed by atoms with Crippen LogP contribution in [-0.4, -0.2) is 7.28 Å². The van der Waals surface area contributed by atoms with Crippen molar-refractivity contribution in [1.29, 1.82) is 0 Å². The van der Waals surface area contributed by atoms with Crippen LogP contribution < -0.4 is 0 Å². The zero-order valence-electron chi connectivity index (χ0n) is 11.4. The fourth-order valence-corrected chi connectivity index (χ4v) is 3.60. The molecule has 2 aromatic carbocycles. The molecule has 0 aromatic heterocycles. The second kappa shape index (κ2) is 4.13. The van der Waals surface area contributed by atoms with Gasteiger partial charge in [-0.3, -0.25) is 0 Å². The van der Waals surface area contributed by atoms with Crippen LogP contribution in [0.1, 0.15) is 28.7 Å². The molecule has 0 saturated heterocycles. The highest BCUT2D eigenvalue weighted by molar-refractivity contribution is 6.33. The molecular formula is C18H17B. The molecule has 1 heteroatoms. The van der Waals surface area contributed by atoms with Crippen molar-refractivity contribution in [3.63, 3.8) is 0 Å². The lowest BCUT2D eigenvalue weighted by atomic mass is 9.71. The summed E-state index contributed by atoms with van der Waals surface area (Å²) in [5.74, 6) is 0. The van der Waals surface area contributed by atoms with Crippen molar-refractivity contribution in [3.05, 3.63) is 58.7 Å². The van der Waals surface area contributed by atoms with Crippen LogP contribution >= 0.6 is 0 Å². The Morgan fingerprint density at radius 2 is 2.00 bits per heavy atom. The number of rotatable bonds is 2. The molecule has 0 spiro atoms. The number of allylic oxidation sites excluding steroid dienone is 3. The molecule has 0 bridgehead atoms. The predicted molar refractivity (Wildman–Crippen MR) is 86.0 cm³/mol. The molecule has 2 aliphatic rings. The largest absolute Gasteiger partial charge is 0.122 e. The van der Waals surface area contributed by atoms with Crippen LogP contribution in [0.2, 0.25) is 6.82 Å². The molecule has 2 aromatic rings. The van der Waals surface area contributed by atoms with Gasteiger partial charge >= 0.3 is 0 Å². The Morgan fingerprint density at radius 3 is 2.89 bits per heavy atom. The molecule has 0 aliphatic heterocycles. The smallest absolute Gasteiger partial charge is 0.0891 e. The molecule has 0 amide bonds. The first kappa shape index (κ1) is 11.1. The van der Waals surface area contributed by atoms with Crippen molar-refractivity contribution in [2.45, 2.75) is 26.0 Å². The van der Waals surface area contributed by atoms with Crippen molar-refractivity contribution in [3.8, 4) is 0 Å². The summed E-state index contributed by atoms with van der Waals surface area (Å²) in [6, 6.07) is 9.21.